The summed E-state index contributed by atoms with van der Waals surface area (Å²) in [6.45, 7) is 1.60. The Hall–Kier alpha value is -1.21. The predicted octanol–water partition coefficient (Wildman–Crippen LogP) is -0.837. The normalized spacial score (nSPS) is 11.6. The maximum Gasteiger partial charge on any atom is 0.146 e. The first kappa shape index (κ1) is 6.79. The number of hydrogen-bond donors (Lipinski definition) is 3. The average molecular weight is 112 g/mol. The number of rotatable bonds is 1. The Bertz CT molecular complexity index is 137. The molecule has 4 heteroatoms. The lowest BCUT2D eigenvalue weighted by Crippen LogP contribution is -2.22. The number of nitriles is 1. The van der Waals surface area contributed by atoms with E-state index in [1.165, 1.54) is 0 Å². The van der Waals surface area contributed by atoms with Crippen LogP contribution in [0.15, 0.2) is 11.4 Å². The molecule has 0 aliphatic carbocycles. The van der Waals surface area contributed by atoms with Gasteiger partial charge in [0.1, 0.15) is 11.8 Å². The molecule has 8 heavy (non-hydrogen) atoms. The molecule has 0 saturated carbocycles. The van der Waals surface area contributed by atoms with Crippen molar-refractivity contribution in [3.63, 3.8) is 0 Å². The van der Waals surface area contributed by atoms with Gasteiger partial charge in [0.25, 0.3) is 0 Å². The van der Waals surface area contributed by atoms with Gasteiger partial charge in [-0.1, -0.05) is 0 Å². The molecule has 0 saturated heterocycles. The topological polar surface area (TPSA) is 87.9 Å². The Morgan fingerprint density at radius 1 is 1.75 bits per heavy atom. The van der Waals surface area contributed by atoms with E-state index in [1.54, 1.807) is 13.0 Å². The van der Waals surface area contributed by atoms with Gasteiger partial charge in [0.05, 0.1) is 0 Å². The lowest BCUT2D eigenvalue weighted by Gasteiger charge is -1.95. The number of allylic oxidation sites excluding steroid dienone is 2. The summed E-state index contributed by atoms with van der Waals surface area (Å²) in [5.41, 5.74) is 7.93. The van der Waals surface area contributed by atoms with Crippen molar-refractivity contribution < 1.29 is 0 Å². The van der Waals surface area contributed by atoms with Gasteiger partial charge in [-0.2, -0.15) is 5.26 Å². The van der Waals surface area contributed by atoms with E-state index in [1.807, 2.05) is 0 Å². The van der Waals surface area contributed by atoms with Gasteiger partial charge in [0.2, 0.25) is 0 Å². The molecule has 0 aliphatic heterocycles. The minimum atomic E-state index is 0.213. The SMILES string of the molecule is C/C(N)=C(\C#N)NN. The number of nitrogens with two attached hydrogens (primary N) is 2. The smallest absolute Gasteiger partial charge is 0.146 e. The summed E-state index contributed by atoms with van der Waals surface area (Å²) in [5.74, 6) is 4.87. The third-order valence-corrected chi connectivity index (χ3v) is 0.650. The molecule has 0 spiro atoms. The summed E-state index contributed by atoms with van der Waals surface area (Å²) in [6, 6.07) is 1.77. The molecule has 0 atom stereocenters. The average Bonchev–Trinajstić information content (AvgIpc) is 1.69. The molecule has 0 aromatic carbocycles. The Labute approximate surface area is 47.7 Å². The molecule has 0 fully saturated rings. The monoisotopic (exact) mass is 112 g/mol. The maximum atomic E-state index is 8.17. The standard InChI is InChI=1S/C4H8N4/c1-3(6)4(2-5)8-7/h8H,6-7H2,1H3/b4-3-. The van der Waals surface area contributed by atoms with Crippen molar-refractivity contribution >= 4 is 0 Å². The lowest BCUT2D eigenvalue weighted by atomic mass is 10.4. The van der Waals surface area contributed by atoms with Gasteiger partial charge in [-0.3, -0.25) is 0 Å². The molecule has 0 unspecified atom stereocenters. The van der Waals surface area contributed by atoms with Crippen molar-refractivity contribution in [3.8, 4) is 6.07 Å². The van der Waals surface area contributed by atoms with Gasteiger partial charge < -0.3 is 11.2 Å². The second-order valence-electron chi connectivity index (χ2n) is 1.31. The van der Waals surface area contributed by atoms with Crippen LogP contribution in [-0.2, 0) is 0 Å². The van der Waals surface area contributed by atoms with Crippen LogP contribution in [0, 0.1) is 11.3 Å². The Morgan fingerprint density at radius 2 is 2.25 bits per heavy atom. The van der Waals surface area contributed by atoms with E-state index >= 15 is 0 Å². The van der Waals surface area contributed by atoms with Crippen LogP contribution in [0.3, 0.4) is 0 Å². The van der Waals surface area contributed by atoms with Crippen LogP contribution < -0.4 is 17.0 Å². The fourth-order valence-corrected chi connectivity index (χ4v) is 0.234. The number of hydrazine groups is 1. The molecular weight excluding hydrogens is 104 g/mol. The minimum absolute atomic E-state index is 0.213. The van der Waals surface area contributed by atoms with E-state index in [9.17, 15) is 0 Å². The van der Waals surface area contributed by atoms with Gasteiger partial charge in [-0.25, -0.2) is 5.84 Å². The van der Waals surface area contributed by atoms with Crippen molar-refractivity contribution in [1.82, 2.24) is 5.43 Å². The van der Waals surface area contributed by atoms with Gasteiger partial charge >= 0.3 is 0 Å². The Kier molecular flexibility index (Phi) is 2.45. The number of hydrogen-bond acceptors (Lipinski definition) is 4. The molecule has 0 radical (unpaired) electrons. The Balaban J connectivity index is 4.15. The van der Waals surface area contributed by atoms with Crippen molar-refractivity contribution in [2.24, 2.45) is 11.6 Å². The molecule has 4 nitrogen and oxygen atoms in total. The quantitative estimate of drug-likeness (QED) is 0.234. The highest BCUT2D eigenvalue weighted by atomic mass is 15.2. The molecule has 0 aromatic rings. The number of nitrogens with zero attached hydrogens (tertiary/aromatic N) is 1. The third-order valence-electron chi connectivity index (χ3n) is 0.650. The second-order valence-corrected chi connectivity index (χ2v) is 1.31. The highest BCUT2D eigenvalue weighted by Crippen LogP contribution is 1.86. The zero-order valence-corrected chi connectivity index (χ0v) is 4.60. The van der Waals surface area contributed by atoms with Crippen LogP contribution in [0.4, 0.5) is 0 Å². The fraction of sp³-hybridized carbons (Fsp3) is 0.250. The second kappa shape index (κ2) is 2.88. The van der Waals surface area contributed by atoms with Crippen molar-refractivity contribution in [2.45, 2.75) is 6.92 Å². The van der Waals surface area contributed by atoms with E-state index in [-0.39, 0.29) is 5.70 Å². The molecule has 5 N–H and O–H groups in total. The van der Waals surface area contributed by atoms with Crippen LogP contribution in [0.1, 0.15) is 6.92 Å². The predicted molar refractivity (Wildman–Crippen MR) is 29.8 cm³/mol. The van der Waals surface area contributed by atoms with E-state index in [0.717, 1.165) is 0 Å². The van der Waals surface area contributed by atoms with Gasteiger partial charge in [0.15, 0.2) is 0 Å². The molecule has 0 rings (SSSR count). The Morgan fingerprint density at radius 3 is 2.25 bits per heavy atom. The summed E-state index contributed by atoms with van der Waals surface area (Å²) in [5, 5.41) is 8.17. The van der Waals surface area contributed by atoms with Crippen molar-refractivity contribution in [2.75, 3.05) is 0 Å². The first-order chi connectivity index (χ1) is 3.72. The lowest BCUT2D eigenvalue weighted by molar-refractivity contribution is 0.897. The molecule has 0 heterocycles. The molecule has 0 bridgehead atoms. The summed E-state index contributed by atoms with van der Waals surface area (Å²) in [7, 11) is 0. The highest BCUT2D eigenvalue weighted by molar-refractivity contribution is 5.21. The first-order valence-corrected chi connectivity index (χ1v) is 2.05. The van der Waals surface area contributed by atoms with Crippen LogP contribution >= 0.6 is 0 Å². The fourth-order valence-electron chi connectivity index (χ4n) is 0.234. The molecular formula is C4H8N4. The van der Waals surface area contributed by atoms with E-state index < -0.39 is 0 Å². The zero-order valence-electron chi connectivity index (χ0n) is 4.60. The molecule has 44 valence electrons. The summed E-state index contributed by atoms with van der Waals surface area (Å²) < 4.78 is 0. The van der Waals surface area contributed by atoms with E-state index in [2.05, 4.69) is 5.43 Å². The van der Waals surface area contributed by atoms with Crippen LogP contribution in [0.5, 0.6) is 0 Å². The van der Waals surface area contributed by atoms with Gasteiger partial charge in [-0.15, -0.1) is 0 Å². The van der Waals surface area contributed by atoms with Crippen LogP contribution in [0.2, 0.25) is 0 Å². The van der Waals surface area contributed by atoms with Crippen LogP contribution in [0.25, 0.3) is 0 Å². The molecule has 0 aliphatic rings. The van der Waals surface area contributed by atoms with Crippen LogP contribution in [-0.4, -0.2) is 0 Å². The minimum Gasteiger partial charge on any atom is -0.400 e. The van der Waals surface area contributed by atoms with Gasteiger partial charge in [0, 0.05) is 5.70 Å². The number of nitrogens with one attached hydrogen (secondary N) is 1. The van der Waals surface area contributed by atoms with Crippen molar-refractivity contribution in [1.29, 1.82) is 5.26 Å². The summed E-state index contributed by atoms with van der Waals surface area (Å²) in [4.78, 5) is 0. The molecule has 0 amide bonds. The largest absolute Gasteiger partial charge is 0.400 e. The maximum absolute atomic E-state index is 8.17. The highest BCUT2D eigenvalue weighted by Gasteiger charge is 1.90. The summed E-state index contributed by atoms with van der Waals surface area (Å²) in [6.07, 6.45) is 0. The van der Waals surface area contributed by atoms with E-state index in [4.69, 9.17) is 16.8 Å². The van der Waals surface area contributed by atoms with Gasteiger partial charge in [-0.05, 0) is 6.92 Å². The molecule has 0 aromatic heterocycles. The van der Waals surface area contributed by atoms with E-state index in [0.29, 0.717) is 5.70 Å². The summed E-state index contributed by atoms with van der Waals surface area (Å²) >= 11 is 0. The van der Waals surface area contributed by atoms with Crippen molar-refractivity contribution in [3.05, 3.63) is 11.4 Å². The third kappa shape index (κ3) is 1.49. The zero-order chi connectivity index (χ0) is 6.57. The first-order valence-electron chi connectivity index (χ1n) is 2.05.